The molecular formula is C14H10F2OS. The first-order chi connectivity index (χ1) is 8.56. The van der Waals surface area contributed by atoms with Crippen LogP contribution in [-0.2, 0) is 0 Å². The summed E-state index contributed by atoms with van der Waals surface area (Å²) < 4.78 is 25.8. The number of hydrogen-bond acceptors (Lipinski definition) is 2. The van der Waals surface area contributed by atoms with Crippen LogP contribution in [0.25, 0.3) is 0 Å². The maximum atomic E-state index is 13.0. The molecule has 0 aliphatic heterocycles. The third kappa shape index (κ3) is 2.96. The highest BCUT2D eigenvalue weighted by Gasteiger charge is 2.05. The van der Waals surface area contributed by atoms with Crippen LogP contribution < -0.4 is 0 Å². The van der Waals surface area contributed by atoms with E-state index < -0.39 is 11.6 Å². The molecule has 0 bridgehead atoms. The molecule has 18 heavy (non-hydrogen) atoms. The lowest BCUT2D eigenvalue weighted by atomic mass is 10.2. The van der Waals surface area contributed by atoms with Crippen LogP contribution in [0, 0.1) is 11.6 Å². The molecule has 1 nitrogen and oxygen atoms in total. The van der Waals surface area contributed by atoms with Crippen molar-refractivity contribution in [1.29, 1.82) is 0 Å². The predicted octanol–water partition coefficient (Wildman–Crippen LogP) is 4.32. The minimum Gasteiger partial charge on any atom is -0.295 e. The number of carbonyl (C=O) groups is 1. The number of ketones is 1. The second-order valence-corrected chi connectivity index (χ2v) is 4.91. The smallest absolute Gasteiger partial charge is 0.159 e. The molecule has 0 heterocycles. The topological polar surface area (TPSA) is 17.1 Å². The van der Waals surface area contributed by atoms with E-state index in [-0.39, 0.29) is 5.78 Å². The zero-order valence-electron chi connectivity index (χ0n) is 9.61. The van der Waals surface area contributed by atoms with Crippen molar-refractivity contribution < 1.29 is 13.6 Å². The third-order valence-corrected chi connectivity index (χ3v) is 3.39. The molecule has 0 spiro atoms. The molecule has 4 heteroatoms. The van der Waals surface area contributed by atoms with Crippen molar-refractivity contribution in [3.63, 3.8) is 0 Å². The van der Waals surface area contributed by atoms with Crippen LogP contribution in [0.2, 0.25) is 0 Å². The van der Waals surface area contributed by atoms with E-state index in [1.807, 2.05) is 0 Å². The van der Waals surface area contributed by atoms with Gasteiger partial charge in [0.05, 0.1) is 0 Å². The molecule has 0 unspecified atom stereocenters. The second-order valence-electron chi connectivity index (χ2n) is 3.76. The Kier molecular flexibility index (Phi) is 3.77. The Balaban J connectivity index is 2.18. The van der Waals surface area contributed by atoms with Gasteiger partial charge in [0.25, 0.3) is 0 Å². The largest absolute Gasteiger partial charge is 0.295 e. The van der Waals surface area contributed by atoms with Crippen molar-refractivity contribution in [3.05, 3.63) is 59.7 Å². The minimum absolute atomic E-state index is 0.000577. The summed E-state index contributed by atoms with van der Waals surface area (Å²) in [7, 11) is 0. The van der Waals surface area contributed by atoms with Crippen molar-refractivity contribution in [2.45, 2.75) is 16.7 Å². The maximum Gasteiger partial charge on any atom is 0.159 e. The van der Waals surface area contributed by atoms with E-state index in [2.05, 4.69) is 0 Å². The van der Waals surface area contributed by atoms with Crippen LogP contribution >= 0.6 is 11.8 Å². The summed E-state index contributed by atoms with van der Waals surface area (Å²) in [6, 6.07) is 10.8. The molecule has 0 fully saturated rings. The Morgan fingerprint density at radius 2 is 1.56 bits per heavy atom. The van der Waals surface area contributed by atoms with Gasteiger partial charge < -0.3 is 0 Å². The van der Waals surface area contributed by atoms with Crippen LogP contribution in [0.1, 0.15) is 17.3 Å². The van der Waals surface area contributed by atoms with Crippen LogP contribution in [0.15, 0.2) is 52.3 Å². The van der Waals surface area contributed by atoms with Gasteiger partial charge in [-0.2, -0.15) is 0 Å². The van der Waals surface area contributed by atoms with Crippen LogP contribution in [0.3, 0.4) is 0 Å². The first-order valence-electron chi connectivity index (χ1n) is 5.30. The van der Waals surface area contributed by atoms with E-state index in [1.165, 1.54) is 24.8 Å². The number of Topliss-reactive ketones (excluding diaryl/α,β-unsaturated/α-hetero) is 1. The zero-order chi connectivity index (χ0) is 13.1. The number of halogens is 2. The highest BCUT2D eigenvalue weighted by Crippen LogP contribution is 2.28. The summed E-state index contributed by atoms with van der Waals surface area (Å²) in [5, 5.41) is 0. The van der Waals surface area contributed by atoms with E-state index in [9.17, 15) is 13.6 Å². The summed E-state index contributed by atoms with van der Waals surface area (Å²) in [6.45, 7) is 1.50. The molecule has 2 aromatic rings. The van der Waals surface area contributed by atoms with Crippen molar-refractivity contribution in [2.75, 3.05) is 0 Å². The highest BCUT2D eigenvalue weighted by atomic mass is 32.2. The monoisotopic (exact) mass is 264 g/mol. The van der Waals surface area contributed by atoms with E-state index in [4.69, 9.17) is 0 Å². The van der Waals surface area contributed by atoms with E-state index in [1.54, 1.807) is 24.3 Å². The lowest BCUT2D eigenvalue weighted by Crippen LogP contribution is -1.90. The lowest BCUT2D eigenvalue weighted by Gasteiger charge is -2.03. The Morgan fingerprint density at radius 1 is 0.944 bits per heavy atom. The predicted molar refractivity (Wildman–Crippen MR) is 66.9 cm³/mol. The molecular weight excluding hydrogens is 254 g/mol. The summed E-state index contributed by atoms with van der Waals surface area (Å²) in [4.78, 5) is 12.6. The van der Waals surface area contributed by atoms with Crippen LogP contribution in [0.4, 0.5) is 8.78 Å². The maximum absolute atomic E-state index is 13.0. The van der Waals surface area contributed by atoms with Crippen molar-refractivity contribution in [1.82, 2.24) is 0 Å². The van der Waals surface area contributed by atoms with Gasteiger partial charge in [0, 0.05) is 15.4 Å². The fraction of sp³-hybridized carbons (Fsp3) is 0.0714. The molecule has 2 aromatic carbocycles. The molecule has 0 atom stereocenters. The molecule has 0 radical (unpaired) electrons. The average Bonchev–Trinajstić information content (AvgIpc) is 2.34. The minimum atomic E-state index is -0.861. The fourth-order valence-electron chi connectivity index (χ4n) is 1.43. The number of benzene rings is 2. The van der Waals surface area contributed by atoms with Gasteiger partial charge in [-0.1, -0.05) is 23.9 Å². The Labute approximate surface area is 108 Å². The normalized spacial score (nSPS) is 10.4. The standard InChI is InChI=1S/C14H10F2OS/c1-9(17)10-2-4-11(5-3-10)18-12-6-7-13(15)14(16)8-12/h2-8H,1H3. The first-order valence-corrected chi connectivity index (χ1v) is 6.12. The Bertz CT molecular complexity index is 579. The van der Waals surface area contributed by atoms with Gasteiger partial charge in [0.15, 0.2) is 17.4 Å². The van der Waals surface area contributed by atoms with Crippen molar-refractivity contribution in [3.8, 4) is 0 Å². The van der Waals surface area contributed by atoms with Gasteiger partial charge in [-0.05, 0) is 37.3 Å². The van der Waals surface area contributed by atoms with Crippen molar-refractivity contribution in [2.24, 2.45) is 0 Å². The lowest BCUT2D eigenvalue weighted by molar-refractivity contribution is 0.101. The first kappa shape index (κ1) is 12.8. The number of hydrogen-bond donors (Lipinski definition) is 0. The average molecular weight is 264 g/mol. The second kappa shape index (κ2) is 5.31. The Hall–Kier alpha value is -1.68. The SMILES string of the molecule is CC(=O)c1ccc(Sc2ccc(F)c(F)c2)cc1. The molecule has 0 aliphatic carbocycles. The molecule has 0 aliphatic rings. The summed E-state index contributed by atoms with van der Waals surface area (Å²) in [5.74, 6) is -1.72. The molecule has 0 saturated carbocycles. The molecule has 0 aromatic heterocycles. The van der Waals surface area contributed by atoms with E-state index in [0.717, 1.165) is 17.0 Å². The molecule has 0 saturated heterocycles. The summed E-state index contributed by atoms with van der Waals surface area (Å²) in [6.07, 6.45) is 0. The van der Waals surface area contributed by atoms with Gasteiger partial charge in [-0.25, -0.2) is 8.78 Å². The van der Waals surface area contributed by atoms with Crippen LogP contribution in [-0.4, -0.2) is 5.78 Å². The van der Waals surface area contributed by atoms with Gasteiger partial charge >= 0.3 is 0 Å². The van der Waals surface area contributed by atoms with E-state index >= 15 is 0 Å². The molecule has 0 N–H and O–H groups in total. The van der Waals surface area contributed by atoms with Crippen LogP contribution in [0.5, 0.6) is 0 Å². The quantitative estimate of drug-likeness (QED) is 0.768. The number of rotatable bonds is 3. The van der Waals surface area contributed by atoms with Crippen molar-refractivity contribution >= 4 is 17.5 Å². The number of carbonyl (C=O) groups excluding carboxylic acids is 1. The Morgan fingerprint density at radius 3 is 2.11 bits per heavy atom. The third-order valence-electron chi connectivity index (χ3n) is 2.39. The molecule has 2 rings (SSSR count). The fourth-order valence-corrected chi connectivity index (χ4v) is 2.28. The van der Waals surface area contributed by atoms with Gasteiger partial charge in [0.1, 0.15) is 0 Å². The zero-order valence-corrected chi connectivity index (χ0v) is 10.4. The van der Waals surface area contributed by atoms with Gasteiger partial charge in [0.2, 0.25) is 0 Å². The summed E-state index contributed by atoms with van der Waals surface area (Å²) in [5.41, 5.74) is 0.629. The van der Waals surface area contributed by atoms with Gasteiger partial charge in [-0.15, -0.1) is 0 Å². The molecule has 92 valence electrons. The summed E-state index contributed by atoms with van der Waals surface area (Å²) >= 11 is 1.31. The van der Waals surface area contributed by atoms with E-state index in [0.29, 0.717) is 10.5 Å². The molecule has 0 amide bonds. The highest BCUT2D eigenvalue weighted by molar-refractivity contribution is 7.99. The van der Waals surface area contributed by atoms with Gasteiger partial charge in [-0.3, -0.25) is 4.79 Å².